The van der Waals surface area contributed by atoms with E-state index in [4.69, 9.17) is 0 Å². The Balaban J connectivity index is 1.18. The van der Waals surface area contributed by atoms with Crippen molar-refractivity contribution < 1.29 is 0 Å². The van der Waals surface area contributed by atoms with Gasteiger partial charge < -0.3 is 14.4 Å². The van der Waals surface area contributed by atoms with Crippen molar-refractivity contribution in [2.45, 2.75) is 52.4 Å². The van der Waals surface area contributed by atoms with Crippen LogP contribution >= 0.6 is 0 Å². The van der Waals surface area contributed by atoms with E-state index in [0.717, 1.165) is 17.1 Å². The predicted molar refractivity (Wildman–Crippen MR) is 274 cm³/mol. The highest BCUT2D eigenvalue weighted by atomic mass is 15.2. The van der Waals surface area contributed by atoms with Gasteiger partial charge in [-0.25, -0.2) is 0 Å². The number of hydrogen-bond donors (Lipinski definition) is 0. The predicted octanol–water partition coefficient (Wildman–Crippen LogP) is 14.3. The standard InChI is InChI=1S/C60H48BN3/c1-59(2,3)38-27-30-41(31-28-38)63-49-24-13-12-23-47(49)61-48-34-39(60(4,5)6)29-33-50(48)62(40-17-8-7-9-18-40)53-35-42(36-54(63)58(53)61)64-51-25-15-22-46-44-20-11-10-19-43(44)45-21-14-16-37-26-32-52(64)57(55(37)45)56(46)51/h7-36H,1-6H3. The van der Waals surface area contributed by atoms with Crippen LogP contribution in [0.5, 0.6) is 0 Å². The molecule has 4 heteroatoms. The molecule has 0 atom stereocenters. The van der Waals surface area contributed by atoms with E-state index in [1.807, 2.05) is 0 Å². The Kier molecular flexibility index (Phi) is 7.64. The molecule has 0 spiro atoms. The summed E-state index contributed by atoms with van der Waals surface area (Å²) in [6.45, 7) is 13.9. The molecule has 2 aliphatic heterocycles. The van der Waals surface area contributed by atoms with Gasteiger partial charge in [-0.05, 0) is 132 Å². The Labute approximate surface area is 375 Å². The van der Waals surface area contributed by atoms with Crippen molar-refractivity contribution in [2.24, 2.45) is 0 Å². The molecule has 3 nitrogen and oxygen atoms in total. The molecular weight excluding hydrogens is 773 g/mol. The van der Waals surface area contributed by atoms with Crippen molar-refractivity contribution in [2.75, 3.05) is 9.80 Å². The van der Waals surface area contributed by atoms with Crippen LogP contribution in [-0.4, -0.2) is 11.3 Å². The monoisotopic (exact) mass is 821 g/mol. The first-order chi connectivity index (χ1) is 31.0. The van der Waals surface area contributed by atoms with E-state index in [-0.39, 0.29) is 17.5 Å². The molecule has 0 unspecified atom stereocenters. The van der Waals surface area contributed by atoms with Crippen LogP contribution in [-0.2, 0) is 10.8 Å². The van der Waals surface area contributed by atoms with Crippen LogP contribution in [0.4, 0.5) is 34.1 Å². The fourth-order valence-electron chi connectivity index (χ4n) is 11.4. The molecule has 306 valence electrons. The van der Waals surface area contributed by atoms with Gasteiger partial charge in [0.05, 0.1) is 16.7 Å². The summed E-state index contributed by atoms with van der Waals surface area (Å²) >= 11 is 0. The third-order valence-electron chi connectivity index (χ3n) is 14.4. The lowest BCUT2D eigenvalue weighted by molar-refractivity contribution is 0.590. The summed E-state index contributed by atoms with van der Waals surface area (Å²) in [5, 5.41) is 5.22. The molecule has 0 saturated carbocycles. The zero-order valence-corrected chi connectivity index (χ0v) is 37.2. The number of para-hydroxylation sites is 2. The van der Waals surface area contributed by atoms with Crippen LogP contribution in [0.3, 0.4) is 0 Å². The minimum atomic E-state index is -0.0168. The molecule has 64 heavy (non-hydrogen) atoms. The Morgan fingerprint density at radius 3 is 1.62 bits per heavy atom. The van der Waals surface area contributed by atoms with Gasteiger partial charge in [0.1, 0.15) is 0 Å². The third kappa shape index (κ3) is 5.17. The largest absolute Gasteiger partial charge is 0.311 e. The van der Waals surface area contributed by atoms with Crippen LogP contribution in [0.2, 0.25) is 0 Å². The summed E-state index contributed by atoms with van der Waals surface area (Å²) in [5.74, 6) is 0. The summed E-state index contributed by atoms with van der Waals surface area (Å²) in [5.41, 5.74) is 22.6. The van der Waals surface area contributed by atoms with Gasteiger partial charge in [-0.1, -0.05) is 163 Å². The number of benzene rings is 9. The van der Waals surface area contributed by atoms with Gasteiger partial charge in [0.15, 0.2) is 0 Å². The summed E-state index contributed by atoms with van der Waals surface area (Å²) in [4.78, 5) is 5.09. The number of aromatic nitrogens is 1. The maximum Gasteiger partial charge on any atom is 0.252 e. The number of hydrogen-bond acceptors (Lipinski definition) is 2. The third-order valence-corrected chi connectivity index (χ3v) is 14.4. The molecule has 1 aromatic heterocycles. The summed E-state index contributed by atoms with van der Waals surface area (Å²) in [7, 11) is 0. The first-order valence-corrected chi connectivity index (χ1v) is 22.8. The lowest BCUT2D eigenvalue weighted by Gasteiger charge is -2.45. The molecule has 9 aromatic carbocycles. The molecule has 3 heterocycles. The average Bonchev–Trinajstić information content (AvgIpc) is 3.59. The van der Waals surface area contributed by atoms with E-state index in [9.17, 15) is 0 Å². The summed E-state index contributed by atoms with van der Waals surface area (Å²) < 4.78 is 2.56. The van der Waals surface area contributed by atoms with Gasteiger partial charge in [0.25, 0.3) is 6.71 Å². The lowest BCUT2D eigenvalue weighted by atomic mass is 9.33. The van der Waals surface area contributed by atoms with Gasteiger partial charge in [0, 0.05) is 44.9 Å². The van der Waals surface area contributed by atoms with Gasteiger partial charge >= 0.3 is 0 Å². The molecule has 1 aliphatic carbocycles. The van der Waals surface area contributed by atoms with Gasteiger partial charge in [-0.3, -0.25) is 0 Å². The molecule has 0 radical (unpaired) electrons. The smallest absolute Gasteiger partial charge is 0.252 e. The highest BCUT2D eigenvalue weighted by molar-refractivity contribution is 7.00. The first kappa shape index (κ1) is 37.3. The Hall–Kier alpha value is -7.30. The number of anilines is 6. The minimum Gasteiger partial charge on any atom is -0.311 e. The van der Waals surface area contributed by atoms with Gasteiger partial charge in [0.2, 0.25) is 0 Å². The molecule has 13 rings (SSSR count). The normalized spacial score (nSPS) is 13.7. The highest BCUT2D eigenvalue weighted by Crippen LogP contribution is 2.51. The summed E-state index contributed by atoms with van der Waals surface area (Å²) in [6, 6.07) is 69.2. The fraction of sp³-hybridized carbons (Fsp3) is 0.133. The second-order valence-electron chi connectivity index (χ2n) is 20.2. The van der Waals surface area contributed by atoms with Crippen LogP contribution in [0, 0.1) is 0 Å². The van der Waals surface area contributed by atoms with Gasteiger partial charge in [-0.15, -0.1) is 0 Å². The second-order valence-corrected chi connectivity index (χ2v) is 20.2. The molecular formula is C60H48BN3. The molecule has 3 aliphatic rings. The first-order valence-electron chi connectivity index (χ1n) is 22.8. The Morgan fingerprint density at radius 1 is 0.359 bits per heavy atom. The van der Waals surface area contributed by atoms with Crippen molar-refractivity contribution in [3.05, 3.63) is 193 Å². The highest BCUT2D eigenvalue weighted by Gasteiger charge is 2.44. The van der Waals surface area contributed by atoms with E-state index in [0.29, 0.717) is 0 Å². The maximum absolute atomic E-state index is 2.56. The lowest BCUT2D eigenvalue weighted by Crippen LogP contribution is -2.61. The molecule has 0 N–H and O–H groups in total. The average molecular weight is 822 g/mol. The number of rotatable bonds is 3. The Morgan fingerprint density at radius 2 is 0.922 bits per heavy atom. The SMILES string of the molecule is CC(C)(C)c1ccc(N2c3ccccc3B3c4cc(C(C)(C)C)ccc4N(c4ccccc4)c4cc(-n5c6cccc7c6c6c8c(cccc8ccc65)-c5ccccc5-7)cc2c43)cc1. The van der Waals surface area contributed by atoms with E-state index in [1.54, 1.807) is 0 Å². The van der Waals surface area contributed by atoms with Crippen LogP contribution < -0.4 is 26.2 Å². The molecule has 0 amide bonds. The van der Waals surface area contributed by atoms with Crippen LogP contribution in [0.25, 0.3) is 60.5 Å². The number of nitrogens with zero attached hydrogens (tertiary/aromatic N) is 3. The minimum absolute atomic E-state index is 0.0168. The van der Waals surface area contributed by atoms with E-state index in [1.165, 1.54) is 105 Å². The van der Waals surface area contributed by atoms with E-state index in [2.05, 4.69) is 238 Å². The molecule has 0 fully saturated rings. The topological polar surface area (TPSA) is 11.4 Å². The molecule has 10 aromatic rings. The summed E-state index contributed by atoms with van der Waals surface area (Å²) in [6.07, 6.45) is 0. The Bertz CT molecular complexity index is 3580. The molecule has 0 saturated heterocycles. The number of fused-ring (bicyclic) bond motifs is 7. The van der Waals surface area contributed by atoms with Gasteiger partial charge in [-0.2, -0.15) is 0 Å². The van der Waals surface area contributed by atoms with E-state index >= 15 is 0 Å². The second kappa shape index (κ2) is 13.1. The van der Waals surface area contributed by atoms with Crippen molar-refractivity contribution in [1.29, 1.82) is 0 Å². The zero-order chi connectivity index (χ0) is 43.2. The van der Waals surface area contributed by atoms with E-state index < -0.39 is 0 Å². The van der Waals surface area contributed by atoms with Crippen LogP contribution in [0.15, 0.2) is 182 Å². The maximum atomic E-state index is 2.56. The van der Waals surface area contributed by atoms with Crippen molar-refractivity contribution in [3.63, 3.8) is 0 Å². The van der Waals surface area contributed by atoms with Crippen molar-refractivity contribution >= 4 is 89.8 Å². The quantitative estimate of drug-likeness (QED) is 0.165. The fourth-order valence-corrected chi connectivity index (χ4v) is 11.4. The molecule has 0 bridgehead atoms. The van der Waals surface area contributed by atoms with Crippen molar-refractivity contribution in [3.8, 4) is 27.9 Å². The zero-order valence-electron chi connectivity index (χ0n) is 37.2. The van der Waals surface area contributed by atoms with Crippen LogP contribution in [0.1, 0.15) is 52.7 Å². The van der Waals surface area contributed by atoms with Crippen molar-refractivity contribution in [1.82, 2.24) is 4.57 Å².